The predicted molar refractivity (Wildman–Crippen MR) is 207 cm³/mol. The van der Waals surface area contributed by atoms with Gasteiger partial charge < -0.3 is 0 Å². The molecule has 1 aromatic heterocycles. The zero-order valence-corrected chi connectivity index (χ0v) is 28.3. The molecule has 240 valence electrons. The van der Waals surface area contributed by atoms with E-state index in [1.807, 2.05) is 6.07 Å². The van der Waals surface area contributed by atoms with Crippen molar-refractivity contribution in [1.29, 1.82) is 0 Å². The maximum atomic E-state index is 5.14. The molecule has 0 radical (unpaired) electrons. The average Bonchev–Trinajstić information content (AvgIpc) is 3.19. The lowest BCUT2D eigenvalue weighted by molar-refractivity contribution is 0.779. The molecule has 0 fully saturated rings. The lowest BCUT2D eigenvalue weighted by Crippen LogP contribution is -2.02. The van der Waals surface area contributed by atoms with Crippen molar-refractivity contribution in [3.63, 3.8) is 0 Å². The summed E-state index contributed by atoms with van der Waals surface area (Å²) in [6, 6.07) is 49.7. The van der Waals surface area contributed by atoms with Gasteiger partial charge in [-0.3, -0.25) is 0 Å². The molecule has 49 heavy (non-hydrogen) atoms. The van der Waals surface area contributed by atoms with Crippen LogP contribution in [-0.4, -0.2) is 9.97 Å². The van der Waals surface area contributed by atoms with Crippen LogP contribution in [0.1, 0.15) is 61.8 Å². The minimum Gasteiger partial charge on any atom is -0.228 e. The number of benzene rings is 5. The van der Waals surface area contributed by atoms with E-state index in [-0.39, 0.29) is 0 Å². The molecule has 0 aliphatic heterocycles. The fourth-order valence-corrected chi connectivity index (χ4v) is 6.62. The summed E-state index contributed by atoms with van der Waals surface area (Å²) in [4.78, 5) is 10.2. The van der Waals surface area contributed by atoms with Gasteiger partial charge in [-0.05, 0) is 70.2 Å². The van der Waals surface area contributed by atoms with Crippen LogP contribution in [-0.2, 0) is 0 Å². The van der Waals surface area contributed by atoms with Gasteiger partial charge in [0.05, 0.1) is 11.4 Å². The van der Waals surface area contributed by atoms with Gasteiger partial charge in [0.2, 0.25) is 0 Å². The Morgan fingerprint density at radius 1 is 0.633 bits per heavy atom. The molecule has 7 rings (SSSR count). The van der Waals surface area contributed by atoms with Crippen molar-refractivity contribution in [1.82, 2.24) is 9.97 Å². The van der Waals surface area contributed by atoms with Crippen LogP contribution < -0.4 is 0 Å². The summed E-state index contributed by atoms with van der Waals surface area (Å²) >= 11 is 0. The monoisotopic (exact) mass is 634 g/mol. The highest BCUT2D eigenvalue weighted by atomic mass is 14.9. The van der Waals surface area contributed by atoms with Gasteiger partial charge in [-0.1, -0.05) is 178 Å². The van der Waals surface area contributed by atoms with Crippen LogP contribution in [0.25, 0.3) is 50.5 Å². The fourth-order valence-electron chi connectivity index (χ4n) is 6.62. The van der Waals surface area contributed by atoms with E-state index in [9.17, 15) is 0 Å². The summed E-state index contributed by atoms with van der Waals surface area (Å²) in [6.07, 6.45) is 14.5. The van der Waals surface area contributed by atoms with Crippen LogP contribution in [0.5, 0.6) is 0 Å². The molecule has 1 aliphatic carbocycles. The first-order valence-corrected chi connectivity index (χ1v) is 17.5. The smallest absolute Gasteiger partial charge is 0.160 e. The summed E-state index contributed by atoms with van der Waals surface area (Å²) in [5.41, 5.74) is 12.7. The van der Waals surface area contributed by atoms with Crippen LogP contribution in [0.3, 0.4) is 0 Å². The Bertz CT molecular complexity index is 2090. The second-order valence-corrected chi connectivity index (χ2v) is 12.9. The van der Waals surface area contributed by atoms with Gasteiger partial charge in [0.1, 0.15) is 0 Å². The van der Waals surface area contributed by atoms with Crippen LogP contribution in [0.4, 0.5) is 0 Å². The SMILES string of the molecule is CC/C=C\CC(C)c1ccc(-c2ccc(-c3nc(C4=CCC(c5ccccc5)C=C4)cc(-c4ccccc4)n3)cc2)c(-c2ccccc2)c1. The topological polar surface area (TPSA) is 25.8 Å². The first kappa shape index (κ1) is 32.0. The first-order valence-electron chi connectivity index (χ1n) is 17.5. The Labute approximate surface area is 291 Å². The molecule has 1 aliphatic rings. The number of hydrogen-bond donors (Lipinski definition) is 0. The Balaban J connectivity index is 1.23. The minimum absolute atomic E-state index is 0.378. The van der Waals surface area contributed by atoms with Crippen molar-refractivity contribution in [3.05, 3.63) is 187 Å². The first-order chi connectivity index (χ1) is 24.2. The van der Waals surface area contributed by atoms with E-state index >= 15 is 0 Å². The third kappa shape index (κ3) is 7.45. The molecule has 0 amide bonds. The Morgan fingerprint density at radius 3 is 1.94 bits per heavy atom. The molecule has 6 aromatic rings. The van der Waals surface area contributed by atoms with E-state index in [4.69, 9.17) is 9.97 Å². The van der Waals surface area contributed by atoms with Gasteiger partial charge in [0, 0.05) is 17.0 Å². The zero-order chi connectivity index (χ0) is 33.4. The average molecular weight is 635 g/mol. The summed E-state index contributed by atoms with van der Waals surface area (Å²) in [7, 11) is 0. The van der Waals surface area contributed by atoms with Crippen molar-refractivity contribution < 1.29 is 0 Å². The summed E-state index contributed by atoms with van der Waals surface area (Å²) < 4.78 is 0. The number of rotatable bonds is 10. The quantitative estimate of drug-likeness (QED) is 0.140. The van der Waals surface area contributed by atoms with Crippen molar-refractivity contribution >= 4 is 5.57 Å². The molecule has 5 aromatic carbocycles. The van der Waals surface area contributed by atoms with Crippen LogP contribution >= 0.6 is 0 Å². The summed E-state index contributed by atoms with van der Waals surface area (Å²) in [5.74, 6) is 1.56. The molecule has 2 unspecified atom stereocenters. The van der Waals surface area contributed by atoms with Crippen molar-refractivity contribution in [2.75, 3.05) is 0 Å². The van der Waals surface area contributed by atoms with Gasteiger partial charge in [-0.15, -0.1) is 0 Å². The summed E-state index contributed by atoms with van der Waals surface area (Å²) in [5, 5.41) is 0. The molecule has 0 bridgehead atoms. The van der Waals surface area contributed by atoms with Crippen molar-refractivity contribution in [2.45, 2.75) is 44.9 Å². The maximum absolute atomic E-state index is 5.14. The number of nitrogens with zero attached hydrogens (tertiary/aromatic N) is 2. The molecule has 2 atom stereocenters. The van der Waals surface area contributed by atoms with Gasteiger partial charge in [0.25, 0.3) is 0 Å². The van der Waals surface area contributed by atoms with E-state index in [0.717, 1.165) is 53.2 Å². The molecular weight excluding hydrogens is 593 g/mol. The van der Waals surface area contributed by atoms with Crippen LogP contribution in [0.2, 0.25) is 0 Å². The standard InChI is InChI=1S/C47H42N2/c1-3-4-8-15-34(2)42-30-31-43(44(32-42)37-18-11-6-12-19-37)38-24-28-41(29-25-38)47-48-45(39-20-13-7-14-21-39)33-46(49-47)40-26-22-36(23-27-40)35-16-9-5-10-17-35/h4-14,16-22,24-34,36H,3,15,23H2,1-2H3/b8-4-. The predicted octanol–water partition coefficient (Wildman–Crippen LogP) is 12.7. The molecule has 2 heteroatoms. The Kier molecular flexibility index (Phi) is 9.85. The van der Waals surface area contributed by atoms with Crippen molar-refractivity contribution in [3.8, 4) is 44.9 Å². The van der Waals surface area contributed by atoms with Gasteiger partial charge in [-0.2, -0.15) is 0 Å². The van der Waals surface area contributed by atoms with E-state index < -0.39 is 0 Å². The molecule has 0 spiro atoms. The minimum atomic E-state index is 0.378. The molecule has 0 saturated carbocycles. The van der Waals surface area contributed by atoms with Gasteiger partial charge in [0.15, 0.2) is 5.82 Å². The number of hydrogen-bond acceptors (Lipinski definition) is 2. The Hall–Kier alpha value is -5.60. The van der Waals surface area contributed by atoms with Crippen molar-refractivity contribution in [2.24, 2.45) is 0 Å². The third-order valence-corrected chi connectivity index (χ3v) is 9.46. The second kappa shape index (κ2) is 15.1. The molecule has 0 N–H and O–H groups in total. The summed E-state index contributed by atoms with van der Waals surface area (Å²) in [6.45, 7) is 4.50. The largest absolute Gasteiger partial charge is 0.228 e. The lowest BCUT2D eigenvalue weighted by atomic mass is 9.88. The number of aromatic nitrogens is 2. The molecule has 1 heterocycles. The molecule has 0 saturated heterocycles. The third-order valence-electron chi connectivity index (χ3n) is 9.46. The second-order valence-electron chi connectivity index (χ2n) is 12.9. The van der Waals surface area contributed by atoms with Gasteiger partial charge in [-0.25, -0.2) is 9.97 Å². The Morgan fingerprint density at radius 2 is 1.27 bits per heavy atom. The maximum Gasteiger partial charge on any atom is 0.160 e. The fraction of sp³-hybridized carbons (Fsp3) is 0.149. The molecule has 2 nitrogen and oxygen atoms in total. The highest BCUT2D eigenvalue weighted by molar-refractivity contribution is 5.85. The van der Waals surface area contributed by atoms with Crippen LogP contribution in [0, 0.1) is 0 Å². The normalized spacial score (nSPS) is 14.9. The highest BCUT2D eigenvalue weighted by Crippen LogP contribution is 2.37. The molecular formula is C47H42N2. The van der Waals surface area contributed by atoms with E-state index in [0.29, 0.717) is 11.8 Å². The van der Waals surface area contributed by atoms with E-state index in [1.54, 1.807) is 0 Å². The number of allylic oxidation sites excluding steroid dienone is 6. The highest BCUT2D eigenvalue weighted by Gasteiger charge is 2.17. The van der Waals surface area contributed by atoms with E-state index in [1.165, 1.54) is 33.4 Å². The van der Waals surface area contributed by atoms with Crippen LogP contribution in [0.15, 0.2) is 170 Å². The van der Waals surface area contributed by atoms with E-state index in [2.05, 4.69) is 178 Å². The van der Waals surface area contributed by atoms with Gasteiger partial charge >= 0.3 is 0 Å². The lowest BCUT2D eigenvalue weighted by Gasteiger charge is -2.17. The zero-order valence-electron chi connectivity index (χ0n) is 28.3.